The van der Waals surface area contributed by atoms with Gasteiger partial charge in [0.05, 0.1) is 7.11 Å². The highest BCUT2D eigenvalue weighted by molar-refractivity contribution is 5.73. The standard InChI is InChI=1S/C25H32O10/c1-12(13(2)9-15-4-6-16(26)19(11-15)33-3)8-14-5-7-18(17(27)10-14)34-25-22(30)20(28)21(29)23(35-25)24(31)32/h4-7,10-13,20-23,25-30H,8-9H2,1-3H3,(H,31,32). The molecule has 0 radical (unpaired) electrons. The number of ether oxygens (including phenoxy) is 3. The molecule has 0 spiro atoms. The number of carbonyl (C=O) groups is 1. The van der Waals surface area contributed by atoms with E-state index in [1.165, 1.54) is 19.2 Å². The van der Waals surface area contributed by atoms with Gasteiger partial charge in [-0.1, -0.05) is 26.0 Å². The van der Waals surface area contributed by atoms with Gasteiger partial charge in [0, 0.05) is 0 Å². The molecule has 2 aromatic rings. The summed E-state index contributed by atoms with van der Waals surface area (Å²) in [6.45, 7) is 4.20. The summed E-state index contributed by atoms with van der Waals surface area (Å²) in [5, 5.41) is 59.2. The number of aliphatic hydroxyl groups is 3. The van der Waals surface area contributed by atoms with Crippen LogP contribution in [0.1, 0.15) is 25.0 Å². The molecule has 1 saturated heterocycles. The van der Waals surface area contributed by atoms with Gasteiger partial charge in [0.2, 0.25) is 6.29 Å². The second-order valence-corrected chi connectivity index (χ2v) is 9.02. The number of hydrogen-bond acceptors (Lipinski definition) is 9. The van der Waals surface area contributed by atoms with Gasteiger partial charge in [-0.05, 0) is 60.1 Å². The minimum absolute atomic E-state index is 0.0672. The third kappa shape index (κ3) is 6.15. The molecular formula is C25H32O10. The van der Waals surface area contributed by atoms with Crippen LogP contribution in [0.5, 0.6) is 23.0 Å². The second kappa shape index (κ2) is 11.1. The van der Waals surface area contributed by atoms with E-state index in [-0.39, 0.29) is 29.1 Å². The minimum Gasteiger partial charge on any atom is -0.504 e. The van der Waals surface area contributed by atoms with E-state index in [1.54, 1.807) is 12.1 Å². The number of carboxylic acid groups (broad SMARTS) is 1. The first kappa shape index (κ1) is 26.6. The average molecular weight is 493 g/mol. The van der Waals surface area contributed by atoms with Crippen molar-refractivity contribution in [1.29, 1.82) is 0 Å². The number of hydrogen-bond donors (Lipinski definition) is 6. The van der Waals surface area contributed by atoms with Crippen molar-refractivity contribution in [2.45, 2.75) is 57.4 Å². The van der Waals surface area contributed by atoms with Gasteiger partial charge in [0.15, 0.2) is 29.1 Å². The lowest BCUT2D eigenvalue weighted by atomic mass is 9.85. The fourth-order valence-electron chi connectivity index (χ4n) is 4.06. The molecule has 10 nitrogen and oxygen atoms in total. The van der Waals surface area contributed by atoms with Crippen LogP contribution in [0.3, 0.4) is 0 Å². The van der Waals surface area contributed by atoms with Gasteiger partial charge in [0.1, 0.15) is 18.3 Å². The molecule has 192 valence electrons. The number of phenolic OH excluding ortho intramolecular Hbond substituents is 2. The van der Waals surface area contributed by atoms with Gasteiger partial charge in [-0.15, -0.1) is 0 Å². The van der Waals surface area contributed by atoms with Gasteiger partial charge in [-0.25, -0.2) is 4.79 Å². The summed E-state index contributed by atoms with van der Waals surface area (Å²) in [4.78, 5) is 11.2. The number of carboxylic acids is 1. The van der Waals surface area contributed by atoms with E-state index >= 15 is 0 Å². The SMILES string of the molecule is COc1cc(CC(C)C(C)Cc2ccc(OC3OC(C(=O)O)C(O)C(O)C3O)c(O)c2)ccc1O. The first-order valence-electron chi connectivity index (χ1n) is 11.3. The molecule has 35 heavy (non-hydrogen) atoms. The normalized spacial score (nSPS) is 26.1. The Hall–Kier alpha value is -3.05. The van der Waals surface area contributed by atoms with E-state index in [1.807, 2.05) is 12.1 Å². The summed E-state index contributed by atoms with van der Waals surface area (Å²) >= 11 is 0. The molecule has 2 aromatic carbocycles. The van der Waals surface area contributed by atoms with Crippen molar-refractivity contribution in [3.8, 4) is 23.0 Å². The molecule has 0 bridgehead atoms. The fraction of sp³-hybridized carbons (Fsp3) is 0.480. The maximum atomic E-state index is 11.2. The van der Waals surface area contributed by atoms with E-state index in [4.69, 9.17) is 19.3 Å². The Balaban J connectivity index is 1.64. The number of aromatic hydroxyl groups is 2. The van der Waals surface area contributed by atoms with Crippen LogP contribution in [-0.2, 0) is 22.4 Å². The highest BCUT2D eigenvalue weighted by Crippen LogP contribution is 2.33. The zero-order valence-corrected chi connectivity index (χ0v) is 19.7. The van der Waals surface area contributed by atoms with E-state index in [9.17, 15) is 30.3 Å². The van der Waals surface area contributed by atoms with Gasteiger partial charge < -0.3 is 44.8 Å². The quantitative estimate of drug-likeness (QED) is 0.301. The van der Waals surface area contributed by atoms with E-state index in [0.717, 1.165) is 17.5 Å². The Morgan fingerprint density at radius 3 is 2.06 bits per heavy atom. The van der Waals surface area contributed by atoms with Crippen molar-refractivity contribution in [1.82, 2.24) is 0 Å². The van der Waals surface area contributed by atoms with E-state index < -0.39 is 36.7 Å². The number of rotatable bonds is 9. The first-order chi connectivity index (χ1) is 16.5. The predicted octanol–water partition coefficient (Wildman–Crippen LogP) is 1.43. The molecule has 0 amide bonds. The minimum atomic E-state index is -1.83. The van der Waals surface area contributed by atoms with Gasteiger partial charge in [-0.3, -0.25) is 0 Å². The zero-order chi connectivity index (χ0) is 25.9. The van der Waals surface area contributed by atoms with Crippen molar-refractivity contribution in [3.05, 3.63) is 47.5 Å². The molecule has 0 aromatic heterocycles. The molecule has 0 saturated carbocycles. The van der Waals surface area contributed by atoms with Crippen LogP contribution >= 0.6 is 0 Å². The van der Waals surface area contributed by atoms with Crippen molar-refractivity contribution in [2.24, 2.45) is 11.8 Å². The van der Waals surface area contributed by atoms with Crippen LogP contribution in [0.15, 0.2) is 36.4 Å². The Morgan fingerprint density at radius 1 is 0.886 bits per heavy atom. The number of aliphatic carboxylic acids is 1. The number of phenols is 2. The van der Waals surface area contributed by atoms with E-state index in [0.29, 0.717) is 12.2 Å². The maximum absolute atomic E-state index is 11.2. The summed E-state index contributed by atoms with van der Waals surface area (Å²) in [6, 6.07) is 9.98. The fourth-order valence-corrected chi connectivity index (χ4v) is 4.06. The predicted molar refractivity (Wildman–Crippen MR) is 123 cm³/mol. The summed E-state index contributed by atoms with van der Waals surface area (Å²) in [7, 11) is 1.50. The van der Waals surface area contributed by atoms with Crippen molar-refractivity contribution >= 4 is 5.97 Å². The van der Waals surface area contributed by atoms with Crippen LogP contribution in [0.25, 0.3) is 0 Å². The third-order valence-electron chi connectivity index (χ3n) is 6.41. The lowest BCUT2D eigenvalue weighted by Gasteiger charge is -2.38. The summed E-state index contributed by atoms with van der Waals surface area (Å²) in [6.07, 6.45) is -7.33. The molecule has 1 heterocycles. The summed E-state index contributed by atoms with van der Waals surface area (Å²) < 4.78 is 15.7. The van der Waals surface area contributed by atoms with Crippen LogP contribution < -0.4 is 9.47 Å². The molecule has 0 aliphatic carbocycles. The largest absolute Gasteiger partial charge is 0.504 e. The lowest BCUT2D eigenvalue weighted by molar-refractivity contribution is -0.271. The molecule has 1 fully saturated rings. The zero-order valence-electron chi connectivity index (χ0n) is 19.7. The average Bonchev–Trinajstić information content (AvgIpc) is 2.81. The summed E-state index contributed by atoms with van der Waals surface area (Å²) in [5.74, 6) is -0.815. The smallest absolute Gasteiger partial charge is 0.335 e. The number of methoxy groups -OCH3 is 1. The molecular weight excluding hydrogens is 460 g/mol. The van der Waals surface area contributed by atoms with Crippen LogP contribution in [0.2, 0.25) is 0 Å². The van der Waals surface area contributed by atoms with Gasteiger partial charge in [0.25, 0.3) is 0 Å². The van der Waals surface area contributed by atoms with Crippen LogP contribution in [0, 0.1) is 11.8 Å². The van der Waals surface area contributed by atoms with Crippen molar-refractivity contribution < 1.29 is 49.6 Å². The van der Waals surface area contributed by atoms with Crippen molar-refractivity contribution in [2.75, 3.05) is 7.11 Å². The van der Waals surface area contributed by atoms with Crippen LogP contribution in [-0.4, -0.2) is 74.4 Å². The Bertz CT molecular complexity index is 1030. The topological polar surface area (TPSA) is 166 Å². The Kier molecular flexibility index (Phi) is 8.44. The van der Waals surface area contributed by atoms with Crippen LogP contribution in [0.4, 0.5) is 0 Å². The molecule has 6 N–H and O–H groups in total. The van der Waals surface area contributed by atoms with E-state index in [2.05, 4.69) is 13.8 Å². The maximum Gasteiger partial charge on any atom is 0.335 e. The summed E-state index contributed by atoms with van der Waals surface area (Å²) in [5.41, 5.74) is 1.87. The number of benzene rings is 2. The number of aliphatic hydroxyl groups excluding tert-OH is 3. The Morgan fingerprint density at radius 2 is 1.49 bits per heavy atom. The highest BCUT2D eigenvalue weighted by Gasteiger charge is 2.48. The molecule has 1 aliphatic heterocycles. The molecule has 7 unspecified atom stereocenters. The first-order valence-corrected chi connectivity index (χ1v) is 11.3. The molecule has 7 atom stereocenters. The van der Waals surface area contributed by atoms with Gasteiger partial charge >= 0.3 is 5.97 Å². The highest BCUT2D eigenvalue weighted by atomic mass is 16.7. The molecule has 1 aliphatic rings. The van der Waals surface area contributed by atoms with Gasteiger partial charge in [-0.2, -0.15) is 0 Å². The molecule has 10 heteroatoms. The Labute approximate surface area is 202 Å². The third-order valence-corrected chi connectivity index (χ3v) is 6.41. The monoisotopic (exact) mass is 492 g/mol. The second-order valence-electron chi connectivity index (χ2n) is 9.02. The lowest BCUT2D eigenvalue weighted by Crippen LogP contribution is -2.61. The molecule has 3 rings (SSSR count). The van der Waals surface area contributed by atoms with Crippen molar-refractivity contribution in [3.63, 3.8) is 0 Å².